The van der Waals surface area contributed by atoms with Crippen LogP contribution in [0.15, 0.2) is 30.3 Å². The minimum Gasteiger partial charge on any atom is -0.449 e. The highest BCUT2D eigenvalue weighted by atomic mass is 16.6. The molecule has 1 aromatic rings. The maximum Gasteiger partial charge on any atom is 0.270 e. The zero-order valence-electron chi connectivity index (χ0n) is 10.1. The molecule has 0 aromatic heterocycles. The number of para-hydroxylation sites is 1. The van der Waals surface area contributed by atoms with Gasteiger partial charge in [-0.1, -0.05) is 25.1 Å². The highest BCUT2D eigenvalue weighted by molar-refractivity contribution is 5.21. The molecule has 0 amide bonds. The third-order valence-electron chi connectivity index (χ3n) is 2.99. The lowest BCUT2D eigenvalue weighted by Gasteiger charge is -2.40. The van der Waals surface area contributed by atoms with Crippen molar-refractivity contribution in [3.8, 4) is 5.75 Å². The van der Waals surface area contributed by atoms with Crippen LogP contribution in [0.1, 0.15) is 13.3 Å². The van der Waals surface area contributed by atoms with Crippen molar-refractivity contribution in [3.63, 3.8) is 0 Å². The van der Waals surface area contributed by atoms with Gasteiger partial charge in [0.2, 0.25) is 0 Å². The zero-order valence-corrected chi connectivity index (χ0v) is 10.1. The van der Waals surface area contributed by atoms with Gasteiger partial charge in [-0.15, -0.1) is 0 Å². The molecular weight excluding hydrogens is 218 g/mol. The summed E-state index contributed by atoms with van der Waals surface area (Å²) in [5.74, 6) is -0.547. The molecule has 4 nitrogen and oxygen atoms in total. The molecule has 17 heavy (non-hydrogen) atoms. The van der Waals surface area contributed by atoms with Crippen molar-refractivity contribution in [3.05, 3.63) is 30.3 Å². The topological polar surface area (TPSA) is 41.9 Å². The normalized spacial score (nSPS) is 20.8. The van der Waals surface area contributed by atoms with Crippen molar-refractivity contribution in [1.29, 1.82) is 0 Å². The van der Waals surface area contributed by atoms with Gasteiger partial charge in [0.05, 0.1) is 13.2 Å². The van der Waals surface area contributed by atoms with E-state index in [1.54, 1.807) is 0 Å². The summed E-state index contributed by atoms with van der Waals surface area (Å²) >= 11 is 0. The molecule has 4 heteroatoms. The maximum atomic E-state index is 10.5. The molecule has 1 heterocycles. The fourth-order valence-electron chi connectivity index (χ4n) is 1.95. The SMILES string of the molecule is CCC(O)(Oc1ccccc1)N1CCOCC1. The first kappa shape index (κ1) is 12.4. The molecular formula is C13H19NO3. The summed E-state index contributed by atoms with van der Waals surface area (Å²) in [6.07, 6.45) is 0.516. The van der Waals surface area contributed by atoms with Crippen molar-refractivity contribution < 1.29 is 14.6 Å². The van der Waals surface area contributed by atoms with Crippen LogP contribution in [0.25, 0.3) is 0 Å². The molecule has 1 fully saturated rings. The molecule has 1 N–H and O–H groups in total. The lowest BCUT2D eigenvalue weighted by Crippen LogP contribution is -2.56. The fourth-order valence-corrected chi connectivity index (χ4v) is 1.95. The van der Waals surface area contributed by atoms with E-state index in [1.165, 1.54) is 0 Å². The molecule has 1 saturated heterocycles. The third kappa shape index (κ3) is 2.97. The fraction of sp³-hybridized carbons (Fsp3) is 0.538. The highest BCUT2D eigenvalue weighted by Crippen LogP contribution is 2.23. The Balaban J connectivity index is 2.07. The van der Waals surface area contributed by atoms with E-state index in [-0.39, 0.29) is 0 Å². The van der Waals surface area contributed by atoms with Crippen LogP contribution in [0.5, 0.6) is 5.75 Å². The quantitative estimate of drug-likeness (QED) is 0.805. The molecule has 0 saturated carbocycles. The van der Waals surface area contributed by atoms with Gasteiger partial charge in [-0.05, 0) is 12.1 Å². The minimum atomic E-state index is -1.23. The van der Waals surface area contributed by atoms with Gasteiger partial charge >= 0.3 is 0 Å². The van der Waals surface area contributed by atoms with Crippen LogP contribution in [0, 0.1) is 0 Å². The molecule has 0 spiro atoms. The van der Waals surface area contributed by atoms with Gasteiger partial charge in [0, 0.05) is 19.5 Å². The van der Waals surface area contributed by atoms with Gasteiger partial charge in [-0.2, -0.15) is 0 Å². The molecule has 1 atom stereocenters. The lowest BCUT2D eigenvalue weighted by molar-refractivity contribution is -0.259. The summed E-state index contributed by atoms with van der Waals surface area (Å²) in [6, 6.07) is 9.41. The standard InChI is InChI=1S/C13H19NO3/c1-2-13(15,14-8-10-16-11-9-14)17-12-6-4-3-5-7-12/h3-7,15H,2,8-11H2,1H3. The Morgan fingerprint density at radius 1 is 1.29 bits per heavy atom. The van der Waals surface area contributed by atoms with Crippen LogP contribution in [0.3, 0.4) is 0 Å². The Labute approximate surface area is 102 Å². The number of rotatable bonds is 4. The average Bonchev–Trinajstić information content (AvgIpc) is 2.41. The van der Waals surface area contributed by atoms with Crippen LogP contribution in [-0.2, 0) is 4.74 Å². The number of nitrogens with zero attached hydrogens (tertiary/aromatic N) is 1. The molecule has 1 aliphatic rings. The Hall–Kier alpha value is -1.10. The summed E-state index contributed by atoms with van der Waals surface area (Å²) in [6.45, 7) is 4.58. The smallest absolute Gasteiger partial charge is 0.270 e. The van der Waals surface area contributed by atoms with Crippen LogP contribution >= 0.6 is 0 Å². The number of benzene rings is 1. The van der Waals surface area contributed by atoms with E-state index in [4.69, 9.17) is 9.47 Å². The Bertz CT molecular complexity index is 338. The summed E-state index contributed by atoms with van der Waals surface area (Å²) in [5.41, 5.74) is 0. The first-order chi connectivity index (χ1) is 8.24. The minimum absolute atomic E-state index is 0.516. The Morgan fingerprint density at radius 3 is 2.53 bits per heavy atom. The van der Waals surface area contributed by atoms with Crippen molar-refractivity contribution in [2.24, 2.45) is 0 Å². The molecule has 1 aromatic carbocycles. The van der Waals surface area contributed by atoms with Gasteiger partial charge in [0.15, 0.2) is 0 Å². The van der Waals surface area contributed by atoms with Gasteiger partial charge in [-0.25, -0.2) is 4.90 Å². The first-order valence-electron chi connectivity index (χ1n) is 6.04. The largest absolute Gasteiger partial charge is 0.449 e. The van der Waals surface area contributed by atoms with Crippen LogP contribution in [-0.4, -0.2) is 42.2 Å². The van der Waals surface area contributed by atoms with Gasteiger partial charge in [0.1, 0.15) is 5.75 Å². The van der Waals surface area contributed by atoms with E-state index >= 15 is 0 Å². The highest BCUT2D eigenvalue weighted by Gasteiger charge is 2.36. The number of ether oxygens (including phenoxy) is 2. The van der Waals surface area contributed by atoms with Crippen molar-refractivity contribution >= 4 is 0 Å². The second-order valence-electron chi connectivity index (χ2n) is 4.11. The van der Waals surface area contributed by atoms with E-state index in [1.807, 2.05) is 42.2 Å². The van der Waals surface area contributed by atoms with Gasteiger partial charge in [-0.3, -0.25) is 0 Å². The zero-order chi connectivity index (χ0) is 12.1. The summed E-state index contributed by atoms with van der Waals surface area (Å²) in [4.78, 5) is 1.92. The van der Waals surface area contributed by atoms with Gasteiger partial charge in [0.25, 0.3) is 5.91 Å². The monoisotopic (exact) mass is 237 g/mol. The summed E-state index contributed by atoms with van der Waals surface area (Å²) < 4.78 is 11.0. The van der Waals surface area contributed by atoms with Crippen molar-refractivity contribution in [2.45, 2.75) is 19.3 Å². The second-order valence-corrected chi connectivity index (χ2v) is 4.11. The molecule has 1 aliphatic heterocycles. The molecule has 0 radical (unpaired) electrons. The maximum absolute atomic E-state index is 10.5. The lowest BCUT2D eigenvalue weighted by atomic mass is 10.2. The first-order valence-corrected chi connectivity index (χ1v) is 6.04. The molecule has 0 aliphatic carbocycles. The van der Waals surface area contributed by atoms with E-state index in [0.29, 0.717) is 38.5 Å². The van der Waals surface area contributed by atoms with Crippen LogP contribution < -0.4 is 4.74 Å². The van der Waals surface area contributed by atoms with Crippen LogP contribution in [0.2, 0.25) is 0 Å². The second kappa shape index (κ2) is 5.49. The predicted molar refractivity (Wildman–Crippen MR) is 64.7 cm³/mol. The molecule has 1 unspecified atom stereocenters. The Kier molecular flexibility index (Phi) is 3.99. The average molecular weight is 237 g/mol. The number of morpholine rings is 1. The Morgan fingerprint density at radius 2 is 1.94 bits per heavy atom. The predicted octanol–water partition coefficient (Wildman–Crippen LogP) is 1.45. The van der Waals surface area contributed by atoms with E-state index in [9.17, 15) is 5.11 Å². The molecule has 0 bridgehead atoms. The molecule has 2 rings (SSSR count). The number of hydrogen-bond acceptors (Lipinski definition) is 4. The van der Waals surface area contributed by atoms with Crippen molar-refractivity contribution in [2.75, 3.05) is 26.3 Å². The van der Waals surface area contributed by atoms with Gasteiger partial charge < -0.3 is 14.6 Å². The third-order valence-corrected chi connectivity index (χ3v) is 2.99. The van der Waals surface area contributed by atoms with E-state index < -0.39 is 5.91 Å². The number of hydrogen-bond donors (Lipinski definition) is 1. The number of aliphatic hydroxyl groups is 1. The van der Waals surface area contributed by atoms with E-state index in [0.717, 1.165) is 0 Å². The molecule has 94 valence electrons. The summed E-state index contributed by atoms with van der Waals surface area (Å²) in [5, 5.41) is 10.5. The summed E-state index contributed by atoms with van der Waals surface area (Å²) in [7, 11) is 0. The van der Waals surface area contributed by atoms with Crippen LogP contribution in [0.4, 0.5) is 0 Å². The van der Waals surface area contributed by atoms with E-state index in [2.05, 4.69) is 0 Å². The van der Waals surface area contributed by atoms with Crippen molar-refractivity contribution in [1.82, 2.24) is 4.90 Å².